The van der Waals surface area contributed by atoms with E-state index >= 15 is 0 Å². The molecule has 1 unspecified atom stereocenters. The van der Waals surface area contributed by atoms with E-state index in [2.05, 4.69) is 0 Å². The molecule has 1 fully saturated rings. The van der Waals surface area contributed by atoms with Gasteiger partial charge in [-0.3, -0.25) is 0 Å². The van der Waals surface area contributed by atoms with Gasteiger partial charge in [0.2, 0.25) is 10.0 Å². The minimum absolute atomic E-state index is 0.115. The molecule has 0 aromatic heterocycles. The summed E-state index contributed by atoms with van der Waals surface area (Å²) in [5.74, 6) is -0.452. The Kier molecular flexibility index (Phi) is 3.70. The lowest BCUT2D eigenvalue weighted by Gasteiger charge is -2.23. The van der Waals surface area contributed by atoms with Crippen LogP contribution in [0.15, 0.2) is 23.1 Å². The number of rotatable bonds is 3. The molecule has 1 aliphatic rings. The van der Waals surface area contributed by atoms with Gasteiger partial charge in [-0.1, -0.05) is 0 Å². The van der Waals surface area contributed by atoms with Crippen LogP contribution in [0, 0.1) is 12.7 Å². The molecule has 1 saturated heterocycles. The molecular weight excluding hydrogens is 257 g/mol. The lowest BCUT2D eigenvalue weighted by atomic mass is 10.2. The minimum atomic E-state index is -3.64. The number of hydrogen-bond donors (Lipinski definition) is 1. The third-order valence-corrected chi connectivity index (χ3v) is 5.37. The number of halogens is 1. The van der Waals surface area contributed by atoms with Crippen LogP contribution in [0.4, 0.5) is 4.39 Å². The Hall–Kier alpha value is -0.980. The highest BCUT2D eigenvalue weighted by Crippen LogP contribution is 2.27. The SMILES string of the molecule is Cc1cc(F)ccc1S(=O)(=O)N1CCCC1CO. The van der Waals surface area contributed by atoms with Gasteiger partial charge in [-0.25, -0.2) is 12.8 Å². The maximum atomic E-state index is 13.0. The van der Waals surface area contributed by atoms with Crippen molar-refractivity contribution in [1.29, 1.82) is 0 Å². The van der Waals surface area contributed by atoms with Crippen LogP contribution in [-0.2, 0) is 10.0 Å². The van der Waals surface area contributed by atoms with Gasteiger partial charge in [0, 0.05) is 12.6 Å². The Bertz CT molecular complexity index is 544. The van der Waals surface area contributed by atoms with Crippen LogP contribution < -0.4 is 0 Å². The van der Waals surface area contributed by atoms with E-state index in [4.69, 9.17) is 0 Å². The molecule has 4 nitrogen and oxygen atoms in total. The first-order valence-electron chi connectivity index (χ1n) is 5.85. The predicted molar refractivity (Wildman–Crippen MR) is 65.1 cm³/mol. The summed E-state index contributed by atoms with van der Waals surface area (Å²) in [5, 5.41) is 9.19. The highest BCUT2D eigenvalue weighted by Gasteiger charge is 2.35. The van der Waals surface area contributed by atoms with E-state index in [-0.39, 0.29) is 17.5 Å². The zero-order chi connectivity index (χ0) is 13.3. The largest absolute Gasteiger partial charge is 0.395 e. The van der Waals surface area contributed by atoms with Gasteiger partial charge in [-0.15, -0.1) is 0 Å². The van der Waals surface area contributed by atoms with Crippen LogP contribution in [0.5, 0.6) is 0 Å². The Morgan fingerprint density at radius 1 is 1.50 bits per heavy atom. The van der Waals surface area contributed by atoms with Crippen LogP contribution in [0.3, 0.4) is 0 Å². The van der Waals surface area contributed by atoms with Crippen molar-refractivity contribution in [1.82, 2.24) is 4.31 Å². The van der Waals surface area contributed by atoms with E-state index < -0.39 is 15.8 Å². The Morgan fingerprint density at radius 2 is 2.22 bits per heavy atom. The number of hydrogen-bond acceptors (Lipinski definition) is 3. The number of aryl methyl sites for hydroxylation is 1. The first-order valence-corrected chi connectivity index (χ1v) is 7.29. The third kappa shape index (κ3) is 2.28. The average Bonchev–Trinajstić information content (AvgIpc) is 2.76. The first kappa shape index (κ1) is 13.5. The fourth-order valence-corrected chi connectivity index (χ4v) is 4.23. The molecule has 0 spiro atoms. The quantitative estimate of drug-likeness (QED) is 0.902. The summed E-state index contributed by atoms with van der Waals surface area (Å²) >= 11 is 0. The average molecular weight is 273 g/mol. The summed E-state index contributed by atoms with van der Waals surface area (Å²) in [5.41, 5.74) is 0.388. The number of aliphatic hydroxyl groups excluding tert-OH is 1. The maximum Gasteiger partial charge on any atom is 0.243 e. The summed E-state index contributed by atoms with van der Waals surface area (Å²) in [6.07, 6.45) is 1.40. The lowest BCUT2D eigenvalue weighted by Crippen LogP contribution is -2.37. The van der Waals surface area contributed by atoms with Crippen LogP contribution in [0.1, 0.15) is 18.4 Å². The van der Waals surface area contributed by atoms with Gasteiger partial charge in [0.1, 0.15) is 5.82 Å². The number of benzene rings is 1. The van der Waals surface area contributed by atoms with Crippen molar-refractivity contribution in [2.24, 2.45) is 0 Å². The van der Waals surface area contributed by atoms with E-state index in [1.807, 2.05) is 0 Å². The van der Waals surface area contributed by atoms with E-state index in [1.165, 1.54) is 16.4 Å². The minimum Gasteiger partial charge on any atom is -0.395 e. The Morgan fingerprint density at radius 3 is 2.83 bits per heavy atom. The van der Waals surface area contributed by atoms with Gasteiger partial charge in [-0.05, 0) is 43.5 Å². The number of aliphatic hydroxyl groups is 1. The normalized spacial score (nSPS) is 21.4. The summed E-state index contributed by atoms with van der Waals surface area (Å²) in [6, 6.07) is 3.27. The third-order valence-electron chi connectivity index (χ3n) is 3.26. The molecule has 2 rings (SSSR count). The number of nitrogens with zero attached hydrogens (tertiary/aromatic N) is 1. The molecule has 1 N–H and O–H groups in total. The molecule has 1 aromatic carbocycles. The van der Waals surface area contributed by atoms with Gasteiger partial charge in [-0.2, -0.15) is 4.31 Å². The molecule has 1 aromatic rings. The van der Waals surface area contributed by atoms with E-state index in [0.29, 0.717) is 18.5 Å². The van der Waals surface area contributed by atoms with Gasteiger partial charge in [0.15, 0.2) is 0 Å². The molecule has 0 bridgehead atoms. The highest BCUT2D eigenvalue weighted by atomic mass is 32.2. The second-order valence-corrected chi connectivity index (χ2v) is 6.36. The topological polar surface area (TPSA) is 57.6 Å². The molecular formula is C12H16FNO3S. The molecule has 0 amide bonds. The predicted octanol–water partition coefficient (Wildman–Crippen LogP) is 1.28. The molecule has 18 heavy (non-hydrogen) atoms. The molecule has 6 heteroatoms. The van der Waals surface area contributed by atoms with Gasteiger partial charge >= 0.3 is 0 Å². The zero-order valence-electron chi connectivity index (χ0n) is 10.1. The lowest BCUT2D eigenvalue weighted by molar-refractivity contribution is 0.213. The fourth-order valence-electron chi connectivity index (χ4n) is 2.34. The monoisotopic (exact) mass is 273 g/mol. The summed E-state index contributed by atoms with van der Waals surface area (Å²) in [7, 11) is -3.64. The van der Waals surface area contributed by atoms with Gasteiger partial charge < -0.3 is 5.11 Å². The van der Waals surface area contributed by atoms with Crippen molar-refractivity contribution in [2.45, 2.75) is 30.7 Å². The molecule has 1 heterocycles. The smallest absolute Gasteiger partial charge is 0.243 e. The second kappa shape index (κ2) is 4.95. The molecule has 0 aliphatic carbocycles. The van der Waals surface area contributed by atoms with Gasteiger partial charge in [0.25, 0.3) is 0 Å². The van der Waals surface area contributed by atoms with Crippen molar-refractivity contribution in [3.8, 4) is 0 Å². The summed E-state index contributed by atoms with van der Waals surface area (Å²) in [4.78, 5) is 0.115. The maximum absolute atomic E-state index is 13.0. The van der Waals surface area contributed by atoms with Crippen molar-refractivity contribution in [3.63, 3.8) is 0 Å². The molecule has 1 atom stereocenters. The van der Waals surface area contributed by atoms with Crippen LogP contribution >= 0.6 is 0 Å². The van der Waals surface area contributed by atoms with Gasteiger partial charge in [0.05, 0.1) is 11.5 Å². The first-order chi connectivity index (χ1) is 8.46. The number of sulfonamides is 1. The fraction of sp³-hybridized carbons (Fsp3) is 0.500. The molecule has 0 radical (unpaired) electrons. The zero-order valence-corrected chi connectivity index (χ0v) is 11.0. The molecule has 1 aliphatic heterocycles. The van der Waals surface area contributed by atoms with Crippen molar-refractivity contribution >= 4 is 10.0 Å². The van der Waals surface area contributed by atoms with E-state index in [0.717, 1.165) is 12.5 Å². The Labute approximate surface area is 106 Å². The molecule has 0 saturated carbocycles. The van der Waals surface area contributed by atoms with Crippen LogP contribution in [0.2, 0.25) is 0 Å². The van der Waals surface area contributed by atoms with Crippen LogP contribution in [0.25, 0.3) is 0 Å². The summed E-state index contributed by atoms with van der Waals surface area (Å²) < 4.78 is 39.2. The van der Waals surface area contributed by atoms with Crippen molar-refractivity contribution < 1.29 is 17.9 Å². The standard InChI is InChI=1S/C12H16FNO3S/c1-9-7-10(13)4-5-12(9)18(16,17)14-6-2-3-11(14)8-15/h4-5,7,11,15H,2-3,6,8H2,1H3. The Balaban J connectivity index is 2.42. The second-order valence-electron chi connectivity index (χ2n) is 4.50. The van der Waals surface area contributed by atoms with Crippen molar-refractivity contribution in [2.75, 3.05) is 13.2 Å². The highest BCUT2D eigenvalue weighted by molar-refractivity contribution is 7.89. The van der Waals surface area contributed by atoms with Crippen LogP contribution in [-0.4, -0.2) is 37.0 Å². The van der Waals surface area contributed by atoms with E-state index in [9.17, 15) is 17.9 Å². The summed E-state index contributed by atoms with van der Waals surface area (Å²) in [6.45, 7) is 1.80. The van der Waals surface area contributed by atoms with Crippen molar-refractivity contribution in [3.05, 3.63) is 29.6 Å². The molecule has 100 valence electrons. The van der Waals surface area contributed by atoms with E-state index in [1.54, 1.807) is 6.92 Å².